The van der Waals surface area contributed by atoms with Crippen LogP contribution in [0.1, 0.15) is 38.4 Å². The van der Waals surface area contributed by atoms with E-state index in [1.807, 2.05) is 6.92 Å². The average molecular weight is 262 g/mol. The second kappa shape index (κ2) is 5.33. The van der Waals surface area contributed by atoms with Crippen molar-refractivity contribution in [3.8, 4) is 0 Å². The lowest BCUT2D eigenvalue weighted by Crippen LogP contribution is -2.42. The number of nitrogens with zero attached hydrogens (tertiary/aromatic N) is 2. The molecule has 2 saturated heterocycles. The lowest BCUT2D eigenvalue weighted by Gasteiger charge is -2.32. The fourth-order valence-corrected chi connectivity index (χ4v) is 3.36. The molecule has 3 rings (SSSR count). The molecule has 0 spiro atoms. The van der Waals surface area contributed by atoms with Gasteiger partial charge in [-0.2, -0.15) is 0 Å². The summed E-state index contributed by atoms with van der Waals surface area (Å²) in [4.78, 5) is 21.4. The summed E-state index contributed by atoms with van der Waals surface area (Å²) in [5, 5.41) is 3.48. The number of aromatic amines is 1. The third kappa shape index (κ3) is 2.66. The van der Waals surface area contributed by atoms with Gasteiger partial charge >= 0.3 is 0 Å². The standard InChI is InChI=1S/C14H22N4O/c1-2-12-16-13(9-14(19)17-12)15-10-6-8-18-7-4-3-5-11(10)18/h9-11H,2-8H2,1H3,(H2,15,16,17,19). The third-order valence-corrected chi connectivity index (χ3v) is 4.31. The first-order chi connectivity index (χ1) is 9.26. The maximum absolute atomic E-state index is 11.6. The molecule has 2 aliphatic heterocycles. The van der Waals surface area contributed by atoms with Gasteiger partial charge in [0, 0.05) is 31.1 Å². The van der Waals surface area contributed by atoms with E-state index < -0.39 is 0 Å². The number of anilines is 1. The normalized spacial score (nSPS) is 27.2. The monoisotopic (exact) mass is 262 g/mol. The Morgan fingerprint density at radius 3 is 3.16 bits per heavy atom. The molecule has 2 unspecified atom stereocenters. The van der Waals surface area contributed by atoms with Gasteiger partial charge in [0.1, 0.15) is 11.6 Å². The van der Waals surface area contributed by atoms with Gasteiger partial charge in [-0.3, -0.25) is 9.69 Å². The number of hydrogen-bond acceptors (Lipinski definition) is 4. The van der Waals surface area contributed by atoms with Crippen molar-refractivity contribution in [3.63, 3.8) is 0 Å². The fourth-order valence-electron chi connectivity index (χ4n) is 3.36. The molecule has 0 amide bonds. The molecule has 0 radical (unpaired) electrons. The number of aromatic nitrogens is 2. The van der Waals surface area contributed by atoms with E-state index in [0.717, 1.165) is 24.5 Å². The molecule has 5 nitrogen and oxygen atoms in total. The third-order valence-electron chi connectivity index (χ3n) is 4.31. The second-order valence-corrected chi connectivity index (χ2v) is 5.57. The summed E-state index contributed by atoms with van der Waals surface area (Å²) < 4.78 is 0. The van der Waals surface area contributed by atoms with Gasteiger partial charge in [0.2, 0.25) is 0 Å². The van der Waals surface area contributed by atoms with E-state index >= 15 is 0 Å². The van der Waals surface area contributed by atoms with Crippen LogP contribution >= 0.6 is 0 Å². The Labute approximate surface area is 113 Å². The molecule has 19 heavy (non-hydrogen) atoms. The molecule has 0 aliphatic carbocycles. The minimum absolute atomic E-state index is 0.0622. The van der Waals surface area contributed by atoms with Crippen LogP contribution in [0.5, 0.6) is 0 Å². The summed E-state index contributed by atoms with van der Waals surface area (Å²) in [6.45, 7) is 4.40. The quantitative estimate of drug-likeness (QED) is 0.863. The van der Waals surface area contributed by atoms with Gasteiger partial charge in [-0.15, -0.1) is 0 Å². The van der Waals surface area contributed by atoms with Gasteiger partial charge in [-0.1, -0.05) is 13.3 Å². The van der Waals surface area contributed by atoms with E-state index in [9.17, 15) is 4.79 Å². The molecule has 2 aliphatic rings. The Morgan fingerprint density at radius 2 is 2.32 bits per heavy atom. The molecular weight excluding hydrogens is 240 g/mol. The van der Waals surface area contributed by atoms with Crippen molar-refractivity contribution >= 4 is 5.82 Å². The summed E-state index contributed by atoms with van der Waals surface area (Å²) in [6.07, 6.45) is 5.82. The van der Waals surface area contributed by atoms with Crippen LogP contribution in [0.15, 0.2) is 10.9 Å². The second-order valence-electron chi connectivity index (χ2n) is 5.57. The first kappa shape index (κ1) is 12.7. The van der Waals surface area contributed by atoms with Crippen LogP contribution in [0.3, 0.4) is 0 Å². The zero-order valence-electron chi connectivity index (χ0n) is 11.5. The van der Waals surface area contributed by atoms with Gasteiger partial charge in [0.25, 0.3) is 5.56 Å². The number of rotatable bonds is 3. The van der Waals surface area contributed by atoms with Crippen LogP contribution in [0, 0.1) is 0 Å². The summed E-state index contributed by atoms with van der Waals surface area (Å²) in [6, 6.07) is 2.64. The summed E-state index contributed by atoms with van der Waals surface area (Å²) in [5.74, 6) is 1.49. The van der Waals surface area contributed by atoms with Crippen LogP contribution in [-0.4, -0.2) is 40.0 Å². The maximum Gasteiger partial charge on any atom is 0.252 e. The minimum atomic E-state index is -0.0622. The van der Waals surface area contributed by atoms with Crippen molar-refractivity contribution in [2.24, 2.45) is 0 Å². The molecular formula is C14H22N4O. The zero-order chi connectivity index (χ0) is 13.2. The van der Waals surface area contributed by atoms with E-state index in [2.05, 4.69) is 20.2 Å². The summed E-state index contributed by atoms with van der Waals surface area (Å²) >= 11 is 0. The molecule has 0 bridgehead atoms. The number of aryl methyl sites for hydroxylation is 1. The van der Waals surface area contributed by atoms with Gasteiger partial charge in [0.15, 0.2) is 0 Å². The van der Waals surface area contributed by atoms with E-state index in [1.54, 1.807) is 6.07 Å². The number of hydrogen-bond donors (Lipinski definition) is 2. The first-order valence-corrected chi connectivity index (χ1v) is 7.37. The van der Waals surface area contributed by atoms with Crippen LogP contribution in [0.2, 0.25) is 0 Å². The first-order valence-electron chi connectivity index (χ1n) is 7.37. The zero-order valence-corrected chi connectivity index (χ0v) is 11.5. The molecule has 2 N–H and O–H groups in total. The lowest BCUT2D eigenvalue weighted by molar-refractivity contribution is 0.192. The Balaban J connectivity index is 1.74. The Kier molecular flexibility index (Phi) is 3.55. The van der Waals surface area contributed by atoms with Crippen molar-refractivity contribution < 1.29 is 0 Å². The van der Waals surface area contributed by atoms with Crippen molar-refractivity contribution in [3.05, 3.63) is 22.2 Å². The van der Waals surface area contributed by atoms with Crippen molar-refractivity contribution in [1.29, 1.82) is 0 Å². The highest BCUT2D eigenvalue weighted by Gasteiger charge is 2.35. The average Bonchev–Trinajstić information content (AvgIpc) is 2.82. The molecule has 5 heteroatoms. The maximum atomic E-state index is 11.6. The van der Waals surface area contributed by atoms with Crippen LogP contribution < -0.4 is 10.9 Å². The predicted molar refractivity (Wildman–Crippen MR) is 75.5 cm³/mol. The van der Waals surface area contributed by atoms with E-state index in [1.165, 1.54) is 32.4 Å². The van der Waals surface area contributed by atoms with Crippen LogP contribution in [-0.2, 0) is 6.42 Å². The SMILES string of the molecule is CCc1nc(NC2CCN3CCCCC23)cc(=O)[nH]1. The molecule has 104 valence electrons. The number of H-pyrrole nitrogens is 1. The lowest BCUT2D eigenvalue weighted by atomic mass is 9.99. The molecule has 2 fully saturated rings. The predicted octanol–water partition coefficient (Wildman–Crippen LogP) is 1.37. The number of fused-ring (bicyclic) bond motifs is 1. The van der Waals surface area contributed by atoms with Crippen molar-refractivity contribution in [2.75, 3.05) is 18.4 Å². The summed E-state index contributed by atoms with van der Waals surface area (Å²) in [5.41, 5.74) is -0.0622. The highest BCUT2D eigenvalue weighted by Crippen LogP contribution is 2.28. The Hall–Kier alpha value is -1.36. The topological polar surface area (TPSA) is 61.0 Å². The molecule has 3 heterocycles. The van der Waals surface area contributed by atoms with E-state index in [0.29, 0.717) is 12.1 Å². The number of piperidine rings is 1. The van der Waals surface area contributed by atoms with Crippen molar-refractivity contribution in [1.82, 2.24) is 14.9 Å². The van der Waals surface area contributed by atoms with Gasteiger partial charge in [-0.05, 0) is 25.8 Å². The van der Waals surface area contributed by atoms with E-state index in [4.69, 9.17) is 0 Å². The summed E-state index contributed by atoms with van der Waals surface area (Å²) in [7, 11) is 0. The van der Waals surface area contributed by atoms with Gasteiger partial charge in [0.05, 0.1) is 0 Å². The molecule has 0 aromatic carbocycles. The van der Waals surface area contributed by atoms with Gasteiger partial charge < -0.3 is 10.3 Å². The Bertz CT molecular complexity index is 498. The number of nitrogens with one attached hydrogen (secondary N) is 2. The van der Waals surface area contributed by atoms with Crippen LogP contribution in [0.25, 0.3) is 0 Å². The minimum Gasteiger partial charge on any atom is -0.365 e. The smallest absolute Gasteiger partial charge is 0.252 e. The fraction of sp³-hybridized carbons (Fsp3) is 0.714. The molecule has 1 aromatic heterocycles. The van der Waals surface area contributed by atoms with Crippen molar-refractivity contribution in [2.45, 2.75) is 51.1 Å². The van der Waals surface area contributed by atoms with Crippen LogP contribution in [0.4, 0.5) is 5.82 Å². The van der Waals surface area contributed by atoms with E-state index in [-0.39, 0.29) is 5.56 Å². The highest BCUT2D eigenvalue weighted by molar-refractivity contribution is 5.35. The molecule has 2 atom stereocenters. The highest BCUT2D eigenvalue weighted by atomic mass is 16.1. The van der Waals surface area contributed by atoms with Gasteiger partial charge in [-0.25, -0.2) is 4.98 Å². The molecule has 1 aromatic rings. The Morgan fingerprint density at radius 1 is 1.42 bits per heavy atom. The molecule has 0 saturated carbocycles. The largest absolute Gasteiger partial charge is 0.365 e.